The maximum atomic E-state index is 12.6. The van der Waals surface area contributed by atoms with Crippen LogP contribution in [-0.2, 0) is 6.18 Å². The molecule has 1 aliphatic rings. The lowest BCUT2D eigenvalue weighted by Crippen LogP contribution is -2.10. The van der Waals surface area contributed by atoms with Gasteiger partial charge in [0.15, 0.2) is 0 Å². The molecule has 1 aromatic rings. The van der Waals surface area contributed by atoms with Gasteiger partial charge >= 0.3 is 6.18 Å². The van der Waals surface area contributed by atoms with Gasteiger partial charge < -0.3 is 10.4 Å². The van der Waals surface area contributed by atoms with E-state index in [4.69, 9.17) is 0 Å². The van der Waals surface area contributed by atoms with Gasteiger partial charge in [-0.1, -0.05) is 0 Å². The molecular weight excluding hydrogens is 299 g/mol. The highest BCUT2D eigenvalue weighted by molar-refractivity contribution is 9.10. The second-order valence-electron chi connectivity index (χ2n) is 4.08. The van der Waals surface area contributed by atoms with Crippen LogP contribution in [0.4, 0.5) is 13.2 Å². The molecule has 0 aliphatic carbocycles. The molecule has 1 heterocycles. The van der Waals surface area contributed by atoms with Crippen LogP contribution >= 0.6 is 15.9 Å². The number of aromatic hydroxyl groups is 1. The SMILES string of the molecule is Oc1c(Br)cc(C(F)(F)F)cc1C1CCNC1. The Morgan fingerprint density at radius 2 is 2.06 bits per heavy atom. The number of phenolic OH excluding ortho intramolecular Hbond substituents is 1. The molecule has 1 unspecified atom stereocenters. The minimum absolute atomic E-state index is 0.0615. The quantitative estimate of drug-likeness (QED) is 0.834. The van der Waals surface area contributed by atoms with E-state index in [0.29, 0.717) is 12.1 Å². The summed E-state index contributed by atoms with van der Waals surface area (Å²) in [5, 5.41) is 12.9. The lowest BCUT2D eigenvalue weighted by atomic mass is 9.95. The Bertz CT molecular complexity index is 427. The Labute approximate surface area is 105 Å². The van der Waals surface area contributed by atoms with Crippen molar-refractivity contribution in [2.45, 2.75) is 18.5 Å². The first-order chi connectivity index (χ1) is 7.89. The van der Waals surface area contributed by atoms with Crippen LogP contribution in [-0.4, -0.2) is 18.2 Å². The zero-order valence-electron chi connectivity index (χ0n) is 8.81. The van der Waals surface area contributed by atoms with Crippen molar-refractivity contribution in [1.29, 1.82) is 0 Å². The summed E-state index contributed by atoms with van der Waals surface area (Å²) in [4.78, 5) is 0. The lowest BCUT2D eigenvalue weighted by molar-refractivity contribution is -0.137. The number of rotatable bonds is 1. The highest BCUT2D eigenvalue weighted by Crippen LogP contribution is 2.40. The maximum Gasteiger partial charge on any atom is 0.416 e. The summed E-state index contributed by atoms with van der Waals surface area (Å²) in [7, 11) is 0. The fourth-order valence-corrected chi connectivity index (χ4v) is 2.49. The number of halogens is 4. The Hall–Kier alpha value is -0.750. The van der Waals surface area contributed by atoms with Crippen molar-refractivity contribution in [1.82, 2.24) is 5.32 Å². The van der Waals surface area contributed by atoms with E-state index in [9.17, 15) is 18.3 Å². The summed E-state index contributed by atoms with van der Waals surface area (Å²) in [5.74, 6) is -0.153. The molecule has 0 spiro atoms. The first-order valence-electron chi connectivity index (χ1n) is 5.20. The smallest absolute Gasteiger partial charge is 0.416 e. The molecule has 1 saturated heterocycles. The number of hydrogen-bond acceptors (Lipinski definition) is 2. The summed E-state index contributed by atoms with van der Waals surface area (Å²) < 4.78 is 38.0. The van der Waals surface area contributed by atoms with Gasteiger partial charge in [-0.25, -0.2) is 0 Å². The van der Waals surface area contributed by atoms with Crippen molar-refractivity contribution in [3.8, 4) is 5.75 Å². The van der Waals surface area contributed by atoms with Gasteiger partial charge in [0, 0.05) is 18.0 Å². The van der Waals surface area contributed by atoms with Gasteiger partial charge in [0.2, 0.25) is 0 Å². The standard InChI is InChI=1S/C11H11BrF3NO/c12-9-4-7(11(13,14)15)3-8(10(9)17)6-1-2-16-5-6/h3-4,6,16-17H,1-2,5H2. The van der Waals surface area contributed by atoms with Crippen LogP contribution in [0.5, 0.6) is 5.75 Å². The Morgan fingerprint density at radius 3 is 2.59 bits per heavy atom. The van der Waals surface area contributed by atoms with Gasteiger partial charge in [0.05, 0.1) is 10.0 Å². The topological polar surface area (TPSA) is 32.3 Å². The second kappa shape index (κ2) is 4.49. The van der Waals surface area contributed by atoms with Crippen molar-refractivity contribution >= 4 is 15.9 Å². The lowest BCUT2D eigenvalue weighted by Gasteiger charge is -2.16. The van der Waals surface area contributed by atoms with E-state index in [1.807, 2.05) is 0 Å². The number of nitrogens with one attached hydrogen (secondary N) is 1. The van der Waals surface area contributed by atoms with Crippen LogP contribution in [0.15, 0.2) is 16.6 Å². The molecule has 0 saturated carbocycles. The predicted molar refractivity (Wildman–Crippen MR) is 61.0 cm³/mol. The first kappa shape index (κ1) is 12.7. The summed E-state index contributed by atoms with van der Waals surface area (Å²) in [6, 6.07) is 1.94. The van der Waals surface area contributed by atoms with E-state index in [-0.39, 0.29) is 16.1 Å². The third-order valence-electron chi connectivity index (χ3n) is 2.92. The molecule has 0 aromatic heterocycles. The number of alkyl halides is 3. The molecule has 94 valence electrons. The van der Waals surface area contributed by atoms with E-state index in [1.165, 1.54) is 0 Å². The van der Waals surface area contributed by atoms with Crippen LogP contribution in [0.1, 0.15) is 23.5 Å². The molecule has 1 aliphatic heterocycles. The van der Waals surface area contributed by atoms with Crippen molar-refractivity contribution in [3.05, 3.63) is 27.7 Å². The molecule has 6 heteroatoms. The maximum absolute atomic E-state index is 12.6. The highest BCUT2D eigenvalue weighted by atomic mass is 79.9. The average molecular weight is 310 g/mol. The van der Waals surface area contributed by atoms with Gasteiger partial charge in [0.1, 0.15) is 5.75 Å². The summed E-state index contributed by atoms with van der Waals surface area (Å²) in [6.45, 7) is 1.36. The van der Waals surface area contributed by atoms with Crippen LogP contribution in [0.25, 0.3) is 0 Å². The monoisotopic (exact) mass is 309 g/mol. The van der Waals surface area contributed by atoms with Crippen molar-refractivity contribution in [3.63, 3.8) is 0 Å². The van der Waals surface area contributed by atoms with Crippen LogP contribution < -0.4 is 5.32 Å². The zero-order valence-corrected chi connectivity index (χ0v) is 10.4. The van der Waals surface area contributed by atoms with Gasteiger partial charge in [-0.05, 0) is 41.0 Å². The molecule has 0 radical (unpaired) electrons. The van der Waals surface area contributed by atoms with Crippen molar-refractivity contribution in [2.24, 2.45) is 0 Å². The third kappa shape index (κ3) is 2.57. The Morgan fingerprint density at radius 1 is 1.35 bits per heavy atom. The molecular formula is C11H11BrF3NO. The second-order valence-corrected chi connectivity index (χ2v) is 4.94. The summed E-state index contributed by atoms with van der Waals surface area (Å²) in [5.41, 5.74) is -0.374. The normalized spacial score (nSPS) is 20.8. The minimum Gasteiger partial charge on any atom is -0.506 e. The predicted octanol–water partition coefficient (Wildman–Crippen LogP) is 3.25. The highest BCUT2D eigenvalue weighted by Gasteiger charge is 2.33. The molecule has 2 rings (SSSR count). The van der Waals surface area contributed by atoms with Gasteiger partial charge in [0.25, 0.3) is 0 Å². The minimum atomic E-state index is -4.39. The van der Waals surface area contributed by atoms with Gasteiger partial charge in [-0.15, -0.1) is 0 Å². The van der Waals surface area contributed by atoms with Gasteiger partial charge in [-0.3, -0.25) is 0 Å². The molecule has 1 aromatic carbocycles. The fourth-order valence-electron chi connectivity index (χ4n) is 2.02. The van der Waals surface area contributed by atoms with E-state index >= 15 is 0 Å². The first-order valence-corrected chi connectivity index (χ1v) is 5.99. The summed E-state index contributed by atoms with van der Waals surface area (Å²) >= 11 is 2.97. The zero-order chi connectivity index (χ0) is 12.6. The average Bonchev–Trinajstić information content (AvgIpc) is 2.73. The molecule has 17 heavy (non-hydrogen) atoms. The number of hydrogen-bond donors (Lipinski definition) is 2. The summed E-state index contributed by atoms with van der Waals surface area (Å²) in [6.07, 6.45) is -3.65. The molecule has 1 atom stereocenters. The van der Waals surface area contributed by atoms with E-state index < -0.39 is 11.7 Å². The van der Waals surface area contributed by atoms with Crippen LogP contribution in [0, 0.1) is 0 Å². The molecule has 1 fully saturated rings. The number of benzene rings is 1. The van der Waals surface area contributed by atoms with Crippen molar-refractivity contribution in [2.75, 3.05) is 13.1 Å². The largest absolute Gasteiger partial charge is 0.506 e. The van der Waals surface area contributed by atoms with Crippen LogP contribution in [0.2, 0.25) is 0 Å². The Balaban J connectivity index is 2.46. The van der Waals surface area contributed by atoms with E-state index in [0.717, 1.165) is 25.1 Å². The molecule has 0 amide bonds. The molecule has 2 N–H and O–H groups in total. The van der Waals surface area contributed by atoms with Gasteiger partial charge in [-0.2, -0.15) is 13.2 Å². The fraction of sp³-hybridized carbons (Fsp3) is 0.455. The number of phenols is 1. The Kier molecular flexibility index (Phi) is 3.36. The molecule has 0 bridgehead atoms. The molecule has 2 nitrogen and oxygen atoms in total. The van der Waals surface area contributed by atoms with Crippen LogP contribution in [0.3, 0.4) is 0 Å². The third-order valence-corrected chi connectivity index (χ3v) is 3.52. The van der Waals surface area contributed by atoms with E-state index in [2.05, 4.69) is 21.2 Å². The van der Waals surface area contributed by atoms with Crippen molar-refractivity contribution < 1.29 is 18.3 Å². The van der Waals surface area contributed by atoms with E-state index in [1.54, 1.807) is 0 Å².